The van der Waals surface area contributed by atoms with Gasteiger partial charge in [0.2, 0.25) is 11.8 Å². The molecule has 1 saturated heterocycles. The Morgan fingerprint density at radius 3 is 2.10 bits per heavy atom. The van der Waals surface area contributed by atoms with Crippen molar-refractivity contribution in [1.82, 2.24) is 4.90 Å². The first-order chi connectivity index (χ1) is 9.59. The van der Waals surface area contributed by atoms with Crippen LogP contribution in [0.1, 0.15) is 51.4 Å². The molecule has 0 bridgehead atoms. The number of nitriles is 1. The highest BCUT2D eigenvalue weighted by atomic mass is 16.2. The smallest absolute Gasteiger partial charge is 0.243 e. The van der Waals surface area contributed by atoms with Crippen molar-refractivity contribution < 1.29 is 9.59 Å². The highest BCUT2D eigenvalue weighted by molar-refractivity contribution is 5.86. The predicted molar refractivity (Wildman–Crippen MR) is 74.2 cm³/mol. The van der Waals surface area contributed by atoms with E-state index in [2.05, 4.69) is 6.07 Å². The molecular weight excluding hydrogens is 254 g/mol. The third kappa shape index (κ3) is 2.95. The summed E-state index contributed by atoms with van der Waals surface area (Å²) in [5, 5.41) is 9.54. The highest BCUT2D eigenvalue weighted by Gasteiger charge is 2.42. The molecule has 2 rings (SSSR count). The molecule has 1 aliphatic heterocycles. The molecule has 2 amide bonds. The van der Waals surface area contributed by atoms with Crippen LogP contribution in [0.3, 0.4) is 0 Å². The van der Waals surface area contributed by atoms with Gasteiger partial charge in [0, 0.05) is 19.0 Å². The van der Waals surface area contributed by atoms with Crippen LogP contribution in [0.15, 0.2) is 0 Å². The van der Waals surface area contributed by atoms with E-state index in [9.17, 15) is 14.9 Å². The second-order valence-electron chi connectivity index (χ2n) is 6.08. The lowest BCUT2D eigenvalue weighted by Gasteiger charge is -2.36. The van der Waals surface area contributed by atoms with Gasteiger partial charge in [0.25, 0.3) is 0 Å². The van der Waals surface area contributed by atoms with Crippen LogP contribution in [0.5, 0.6) is 0 Å². The minimum absolute atomic E-state index is 0.0233. The summed E-state index contributed by atoms with van der Waals surface area (Å²) >= 11 is 0. The maximum atomic E-state index is 12.7. The van der Waals surface area contributed by atoms with E-state index in [0.717, 1.165) is 25.7 Å². The fourth-order valence-electron chi connectivity index (χ4n) is 3.38. The number of nitrogens with zero attached hydrogens (tertiary/aromatic N) is 2. The quantitative estimate of drug-likeness (QED) is 0.777. The second kappa shape index (κ2) is 6.25. The summed E-state index contributed by atoms with van der Waals surface area (Å²) in [4.78, 5) is 25.7. The van der Waals surface area contributed by atoms with Crippen molar-refractivity contribution in [2.75, 3.05) is 13.1 Å². The Bertz CT molecular complexity index is 411. The van der Waals surface area contributed by atoms with Crippen molar-refractivity contribution in [3.63, 3.8) is 0 Å². The molecule has 20 heavy (non-hydrogen) atoms. The molecule has 0 aromatic carbocycles. The molecule has 0 aromatic rings. The summed E-state index contributed by atoms with van der Waals surface area (Å²) in [7, 11) is 0. The van der Waals surface area contributed by atoms with Gasteiger partial charge in [-0.3, -0.25) is 9.59 Å². The number of amides is 2. The minimum atomic E-state index is -0.823. The number of likely N-dealkylation sites (tertiary alicyclic amines) is 1. The predicted octanol–water partition coefficient (Wildman–Crippen LogP) is 1.57. The van der Waals surface area contributed by atoms with E-state index in [4.69, 9.17) is 5.73 Å². The SMILES string of the molecule is N#CC1(C(=O)N2CCC(C(N)=O)CC2)CCCCCC1. The van der Waals surface area contributed by atoms with E-state index >= 15 is 0 Å². The Balaban J connectivity index is 2.03. The average molecular weight is 277 g/mol. The normalized spacial score (nSPS) is 23.6. The summed E-state index contributed by atoms with van der Waals surface area (Å²) in [5.41, 5.74) is 4.49. The molecular formula is C15H23N3O2. The monoisotopic (exact) mass is 277 g/mol. The molecule has 0 aromatic heterocycles. The Labute approximate surface area is 120 Å². The van der Waals surface area contributed by atoms with Crippen molar-refractivity contribution in [3.8, 4) is 6.07 Å². The molecule has 5 nitrogen and oxygen atoms in total. The number of hydrogen-bond donors (Lipinski definition) is 1. The lowest BCUT2D eigenvalue weighted by Crippen LogP contribution is -2.48. The van der Waals surface area contributed by atoms with E-state index < -0.39 is 5.41 Å². The first-order valence-electron chi connectivity index (χ1n) is 7.59. The maximum Gasteiger partial charge on any atom is 0.243 e. The van der Waals surface area contributed by atoms with Gasteiger partial charge in [0.15, 0.2) is 0 Å². The lowest BCUT2D eigenvalue weighted by atomic mass is 9.79. The molecule has 0 unspecified atom stereocenters. The van der Waals surface area contributed by atoms with Crippen LogP contribution in [-0.4, -0.2) is 29.8 Å². The zero-order valence-electron chi connectivity index (χ0n) is 11.9. The first-order valence-corrected chi connectivity index (χ1v) is 7.59. The average Bonchev–Trinajstić information content (AvgIpc) is 2.73. The van der Waals surface area contributed by atoms with Crippen molar-refractivity contribution in [2.45, 2.75) is 51.4 Å². The Morgan fingerprint density at radius 1 is 1.10 bits per heavy atom. The number of hydrogen-bond acceptors (Lipinski definition) is 3. The van der Waals surface area contributed by atoms with Crippen molar-refractivity contribution in [2.24, 2.45) is 17.1 Å². The van der Waals surface area contributed by atoms with Crippen LogP contribution in [0.25, 0.3) is 0 Å². The Morgan fingerprint density at radius 2 is 1.65 bits per heavy atom. The van der Waals surface area contributed by atoms with Crippen LogP contribution in [0, 0.1) is 22.7 Å². The highest BCUT2D eigenvalue weighted by Crippen LogP contribution is 2.37. The largest absolute Gasteiger partial charge is 0.369 e. The van der Waals surface area contributed by atoms with Gasteiger partial charge in [0.1, 0.15) is 5.41 Å². The molecule has 0 spiro atoms. The van der Waals surface area contributed by atoms with Crippen LogP contribution < -0.4 is 5.73 Å². The number of carbonyl (C=O) groups is 2. The third-order valence-corrected chi connectivity index (χ3v) is 4.77. The first kappa shape index (κ1) is 14.8. The maximum absolute atomic E-state index is 12.7. The number of carbonyl (C=O) groups excluding carboxylic acids is 2. The molecule has 2 N–H and O–H groups in total. The summed E-state index contributed by atoms with van der Waals surface area (Å²) in [6, 6.07) is 2.31. The number of nitrogens with two attached hydrogens (primary N) is 1. The van der Waals surface area contributed by atoms with Gasteiger partial charge in [-0.05, 0) is 25.7 Å². The van der Waals surface area contributed by atoms with Crippen LogP contribution >= 0.6 is 0 Å². The summed E-state index contributed by atoms with van der Waals surface area (Å²) in [6.07, 6.45) is 6.75. The van der Waals surface area contributed by atoms with Gasteiger partial charge >= 0.3 is 0 Å². The molecule has 5 heteroatoms. The molecule has 0 radical (unpaired) electrons. The molecule has 2 aliphatic rings. The molecule has 2 fully saturated rings. The number of rotatable bonds is 2. The van der Waals surface area contributed by atoms with Crippen LogP contribution in [0.2, 0.25) is 0 Å². The number of piperidine rings is 1. The molecule has 1 aliphatic carbocycles. The Hall–Kier alpha value is -1.57. The van der Waals surface area contributed by atoms with Gasteiger partial charge < -0.3 is 10.6 Å². The van der Waals surface area contributed by atoms with Crippen molar-refractivity contribution in [1.29, 1.82) is 5.26 Å². The lowest BCUT2D eigenvalue weighted by molar-refractivity contribution is -0.142. The molecule has 110 valence electrons. The zero-order valence-corrected chi connectivity index (χ0v) is 11.9. The van der Waals surface area contributed by atoms with E-state index in [-0.39, 0.29) is 17.7 Å². The fraction of sp³-hybridized carbons (Fsp3) is 0.800. The van der Waals surface area contributed by atoms with Gasteiger partial charge in [-0.15, -0.1) is 0 Å². The minimum Gasteiger partial charge on any atom is -0.369 e. The van der Waals surface area contributed by atoms with E-state index in [0.29, 0.717) is 38.8 Å². The van der Waals surface area contributed by atoms with E-state index in [1.54, 1.807) is 4.90 Å². The zero-order chi connectivity index (χ0) is 14.6. The van der Waals surface area contributed by atoms with Gasteiger partial charge in [-0.25, -0.2) is 0 Å². The standard InChI is InChI=1S/C15H23N3O2/c16-11-15(7-3-1-2-4-8-15)14(20)18-9-5-12(6-10-18)13(17)19/h12H,1-10H2,(H2,17,19). The summed E-state index contributed by atoms with van der Waals surface area (Å²) in [6.45, 7) is 1.10. The number of primary amides is 1. The topological polar surface area (TPSA) is 87.2 Å². The van der Waals surface area contributed by atoms with Crippen LogP contribution in [0.4, 0.5) is 0 Å². The Kier molecular flexibility index (Phi) is 4.64. The molecule has 1 saturated carbocycles. The summed E-state index contributed by atoms with van der Waals surface area (Å²) < 4.78 is 0. The summed E-state index contributed by atoms with van der Waals surface area (Å²) in [5.74, 6) is -0.419. The van der Waals surface area contributed by atoms with Gasteiger partial charge in [0.05, 0.1) is 6.07 Å². The van der Waals surface area contributed by atoms with E-state index in [1.165, 1.54) is 0 Å². The second-order valence-corrected chi connectivity index (χ2v) is 6.08. The third-order valence-electron chi connectivity index (χ3n) is 4.77. The van der Waals surface area contributed by atoms with Gasteiger partial charge in [-0.1, -0.05) is 25.7 Å². The molecule has 1 heterocycles. The van der Waals surface area contributed by atoms with Crippen molar-refractivity contribution >= 4 is 11.8 Å². The van der Waals surface area contributed by atoms with Crippen LogP contribution in [-0.2, 0) is 9.59 Å². The molecule has 0 atom stereocenters. The van der Waals surface area contributed by atoms with Crippen molar-refractivity contribution in [3.05, 3.63) is 0 Å². The fourth-order valence-corrected chi connectivity index (χ4v) is 3.38. The van der Waals surface area contributed by atoms with Gasteiger partial charge in [-0.2, -0.15) is 5.26 Å². The van der Waals surface area contributed by atoms with E-state index in [1.807, 2.05) is 0 Å².